The van der Waals surface area contributed by atoms with Gasteiger partial charge in [-0.25, -0.2) is 4.98 Å². The lowest BCUT2D eigenvalue weighted by molar-refractivity contribution is 1.02. The highest BCUT2D eigenvalue weighted by Gasteiger charge is 2.12. The second-order valence-corrected chi connectivity index (χ2v) is 5.43. The Hall–Kier alpha value is -2.87. The molecule has 0 spiro atoms. The van der Waals surface area contributed by atoms with Gasteiger partial charge in [-0.05, 0) is 36.8 Å². The summed E-state index contributed by atoms with van der Waals surface area (Å²) in [7, 11) is 0. The molecule has 2 heteroatoms. The molecule has 0 aliphatic rings. The van der Waals surface area contributed by atoms with E-state index >= 15 is 0 Å². The predicted octanol–water partition coefficient (Wildman–Crippen LogP) is 5.00. The molecule has 0 saturated heterocycles. The Kier molecular flexibility index (Phi) is 3.01. The fourth-order valence-corrected chi connectivity index (χ4v) is 2.88. The normalized spacial score (nSPS) is 11.0. The van der Waals surface area contributed by atoms with E-state index in [1.807, 2.05) is 19.1 Å². The van der Waals surface area contributed by atoms with E-state index < -0.39 is 0 Å². The van der Waals surface area contributed by atoms with Crippen molar-refractivity contribution in [3.8, 4) is 17.1 Å². The van der Waals surface area contributed by atoms with Crippen molar-refractivity contribution in [1.82, 2.24) is 9.55 Å². The van der Waals surface area contributed by atoms with Crippen LogP contribution in [0.4, 0.5) is 0 Å². The lowest BCUT2D eigenvalue weighted by Crippen LogP contribution is -2.00. The van der Waals surface area contributed by atoms with Crippen LogP contribution in [-0.2, 0) is 0 Å². The minimum absolute atomic E-state index is 0.958. The Morgan fingerprint density at radius 3 is 2.36 bits per heavy atom. The molecule has 0 bridgehead atoms. The van der Waals surface area contributed by atoms with E-state index in [1.54, 1.807) is 0 Å². The van der Waals surface area contributed by atoms with Crippen LogP contribution in [0, 0.1) is 6.92 Å². The van der Waals surface area contributed by atoms with E-state index in [1.165, 1.54) is 22.2 Å². The van der Waals surface area contributed by atoms with Crippen LogP contribution >= 0.6 is 0 Å². The molecule has 0 radical (unpaired) electrons. The van der Waals surface area contributed by atoms with Gasteiger partial charge in [-0.3, -0.25) is 4.57 Å². The summed E-state index contributed by atoms with van der Waals surface area (Å²) in [6, 6.07) is 27.3. The van der Waals surface area contributed by atoms with Gasteiger partial charge in [-0.1, -0.05) is 54.6 Å². The maximum Gasteiger partial charge on any atom is 0.137 e. The van der Waals surface area contributed by atoms with Gasteiger partial charge in [0.15, 0.2) is 0 Å². The summed E-state index contributed by atoms with van der Waals surface area (Å²) in [5, 5.41) is 1.23. The second-order valence-electron chi connectivity index (χ2n) is 5.43. The smallest absolute Gasteiger partial charge is 0.137 e. The molecule has 0 unspecified atom stereocenters. The highest BCUT2D eigenvalue weighted by Crippen LogP contribution is 2.30. The number of hydrogen-bond acceptors (Lipinski definition) is 1. The summed E-state index contributed by atoms with van der Waals surface area (Å²) in [6.45, 7) is 2.03. The first-order valence-electron chi connectivity index (χ1n) is 7.43. The molecular formula is C20H16N2. The molecule has 2 heterocycles. The summed E-state index contributed by atoms with van der Waals surface area (Å²) >= 11 is 0. The van der Waals surface area contributed by atoms with E-state index in [0.29, 0.717) is 0 Å². The largest absolute Gasteiger partial charge is 0.294 e. The number of aromatic nitrogens is 2. The summed E-state index contributed by atoms with van der Waals surface area (Å²) in [5.74, 6) is 0.958. The molecule has 4 rings (SSSR count). The number of fused-ring (bicyclic) bond motifs is 1. The topological polar surface area (TPSA) is 17.8 Å². The van der Waals surface area contributed by atoms with Crippen LogP contribution in [0.2, 0.25) is 0 Å². The minimum atomic E-state index is 0.958. The van der Waals surface area contributed by atoms with Crippen molar-refractivity contribution in [2.75, 3.05) is 0 Å². The van der Waals surface area contributed by atoms with Gasteiger partial charge in [0.2, 0.25) is 0 Å². The van der Waals surface area contributed by atoms with Crippen LogP contribution in [-0.4, -0.2) is 9.55 Å². The molecule has 106 valence electrons. The van der Waals surface area contributed by atoms with E-state index in [2.05, 4.69) is 71.3 Å². The molecule has 0 aliphatic carbocycles. The summed E-state index contributed by atoms with van der Waals surface area (Å²) < 4.78 is 2.23. The Labute approximate surface area is 129 Å². The number of aryl methyl sites for hydroxylation is 1. The molecule has 2 nitrogen and oxygen atoms in total. The number of pyridine rings is 1. The quantitative estimate of drug-likeness (QED) is 0.506. The monoisotopic (exact) mass is 284 g/mol. The van der Waals surface area contributed by atoms with Crippen LogP contribution in [0.3, 0.4) is 0 Å². The van der Waals surface area contributed by atoms with Gasteiger partial charge in [0.25, 0.3) is 0 Å². The molecule has 2 aromatic carbocycles. The molecule has 0 saturated carbocycles. The number of para-hydroxylation sites is 1. The molecule has 2 aromatic heterocycles. The third kappa shape index (κ3) is 2.09. The molecule has 4 aromatic rings. The van der Waals surface area contributed by atoms with Crippen molar-refractivity contribution >= 4 is 10.9 Å². The molecule has 0 fully saturated rings. The van der Waals surface area contributed by atoms with Crippen LogP contribution in [0.25, 0.3) is 28.0 Å². The zero-order chi connectivity index (χ0) is 14.9. The van der Waals surface area contributed by atoms with E-state index in [9.17, 15) is 0 Å². The zero-order valence-corrected chi connectivity index (χ0v) is 12.4. The van der Waals surface area contributed by atoms with Gasteiger partial charge >= 0.3 is 0 Å². The fourth-order valence-electron chi connectivity index (χ4n) is 2.88. The standard InChI is InChI=1S/C20H16N2/c1-15-8-7-13-20(21-15)22-18-12-6-5-11-17(18)14-19(22)16-9-3-2-4-10-16/h2-14H,1H3. The van der Waals surface area contributed by atoms with Crippen LogP contribution in [0.15, 0.2) is 78.9 Å². The van der Waals surface area contributed by atoms with Gasteiger partial charge < -0.3 is 0 Å². The summed E-state index contributed by atoms with van der Waals surface area (Å²) in [5.41, 5.74) is 4.57. The Balaban J connectivity index is 2.07. The Bertz CT molecular complexity index is 936. The maximum atomic E-state index is 4.71. The van der Waals surface area contributed by atoms with E-state index in [0.717, 1.165) is 11.5 Å². The van der Waals surface area contributed by atoms with Crippen molar-refractivity contribution in [3.63, 3.8) is 0 Å². The number of rotatable bonds is 2. The fraction of sp³-hybridized carbons (Fsp3) is 0.0500. The number of nitrogens with zero attached hydrogens (tertiary/aromatic N) is 2. The molecule has 0 amide bonds. The van der Waals surface area contributed by atoms with Crippen LogP contribution < -0.4 is 0 Å². The number of hydrogen-bond donors (Lipinski definition) is 0. The van der Waals surface area contributed by atoms with Crippen molar-refractivity contribution in [3.05, 3.63) is 84.6 Å². The predicted molar refractivity (Wildman–Crippen MR) is 91.2 cm³/mol. The third-order valence-electron chi connectivity index (χ3n) is 3.88. The molecule has 0 atom stereocenters. The van der Waals surface area contributed by atoms with Gasteiger partial charge in [0, 0.05) is 11.1 Å². The Morgan fingerprint density at radius 2 is 1.55 bits per heavy atom. The van der Waals surface area contributed by atoms with Crippen molar-refractivity contribution < 1.29 is 0 Å². The molecule has 22 heavy (non-hydrogen) atoms. The zero-order valence-electron chi connectivity index (χ0n) is 12.4. The first-order valence-corrected chi connectivity index (χ1v) is 7.43. The highest BCUT2D eigenvalue weighted by molar-refractivity contribution is 5.88. The van der Waals surface area contributed by atoms with Gasteiger partial charge in [-0.2, -0.15) is 0 Å². The minimum Gasteiger partial charge on any atom is -0.294 e. The number of benzene rings is 2. The SMILES string of the molecule is Cc1cccc(-n2c(-c3ccccc3)cc3ccccc32)n1. The molecule has 0 aliphatic heterocycles. The first-order chi connectivity index (χ1) is 10.8. The van der Waals surface area contributed by atoms with E-state index in [-0.39, 0.29) is 0 Å². The Morgan fingerprint density at radius 1 is 0.773 bits per heavy atom. The average molecular weight is 284 g/mol. The second kappa shape index (κ2) is 5.15. The van der Waals surface area contributed by atoms with Crippen LogP contribution in [0.1, 0.15) is 5.69 Å². The van der Waals surface area contributed by atoms with Gasteiger partial charge in [-0.15, -0.1) is 0 Å². The van der Waals surface area contributed by atoms with E-state index in [4.69, 9.17) is 4.98 Å². The lowest BCUT2D eigenvalue weighted by atomic mass is 10.1. The van der Waals surface area contributed by atoms with Gasteiger partial charge in [0.1, 0.15) is 5.82 Å². The van der Waals surface area contributed by atoms with Crippen molar-refractivity contribution in [2.24, 2.45) is 0 Å². The average Bonchev–Trinajstić information content (AvgIpc) is 2.95. The van der Waals surface area contributed by atoms with Crippen LogP contribution in [0.5, 0.6) is 0 Å². The first kappa shape index (κ1) is 12.8. The summed E-state index contributed by atoms with van der Waals surface area (Å²) in [4.78, 5) is 4.71. The molecule has 0 N–H and O–H groups in total. The summed E-state index contributed by atoms with van der Waals surface area (Å²) in [6.07, 6.45) is 0. The maximum absolute atomic E-state index is 4.71. The highest BCUT2D eigenvalue weighted by atomic mass is 15.1. The molecular weight excluding hydrogens is 268 g/mol. The third-order valence-corrected chi connectivity index (χ3v) is 3.88. The van der Waals surface area contributed by atoms with Crippen molar-refractivity contribution in [1.29, 1.82) is 0 Å². The van der Waals surface area contributed by atoms with Crippen molar-refractivity contribution in [2.45, 2.75) is 6.92 Å². The lowest BCUT2D eigenvalue weighted by Gasteiger charge is -2.11. The van der Waals surface area contributed by atoms with Gasteiger partial charge in [0.05, 0.1) is 11.2 Å².